The molecule has 0 bridgehead atoms. The van der Waals surface area contributed by atoms with Crippen molar-refractivity contribution in [3.05, 3.63) is 29.8 Å². The van der Waals surface area contributed by atoms with Gasteiger partial charge in [-0.05, 0) is 19.1 Å². The Balaban J connectivity index is 2.46. The van der Waals surface area contributed by atoms with Crippen LogP contribution in [0.15, 0.2) is 29.4 Å². The van der Waals surface area contributed by atoms with Gasteiger partial charge < -0.3 is 14.9 Å². The predicted molar refractivity (Wildman–Crippen MR) is 64.1 cm³/mol. The second kappa shape index (κ2) is 4.40. The zero-order valence-electron chi connectivity index (χ0n) is 10.1. The average molecular weight is 250 g/mol. The molecular weight excluding hydrogens is 236 g/mol. The number of methoxy groups -OCH3 is 1. The number of rotatable bonds is 3. The van der Waals surface area contributed by atoms with Crippen LogP contribution >= 0.6 is 0 Å². The summed E-state index contributed by atoms with van der Waals surface area (Å²) in [6.45, 7) is 1.97. The Bertz CT molecular complexity index is 511. The minimum atomic E-state index is -2.58. The molecule has 0 saturated carbocycles. The summed E-state index contributed by atoms with van der Waals surface area (Å²) in [4.78, 5) is 11.7. The van der Waals surface area contributed by atoms with Gasteiger partial charge in [-0.1, -0.05) is 12.1 Å². The summed E-state index contributed by atoms with van der Waals surface area (Å²) in [5, 5.41) is 24.6. The number of benzene rings is 1. The van der Waals surface area contributed by atoms with E-state index in [1.807, 2.05) is 0 Å². The van der Waals surface area contributed by atoms with Crippen LogP contribution in [-0.2, 0) is 4.79 Å². The maximum absolute atomic E-state index is 11.7. The highest BCUT2D eigenvalue weighted by Crippen LogP contribution is 2.24. The third kappa shape index (κ3) is 1.85. The molecule has 1 amide bonds. The molecule has 6 nitrogen and oxygen atoms in total. The number of hydrogen-bond donors (Lipinski definition) is 2. The number of carbonyl (C=O) groups is 1. The molecule has 0 saturated heterocycles. The quantitative estimate of drug-likeness (QED) is 0.736. The fourth-order valence-corrected chi connectivity index (χ4v) is 1.76. The molecule has 6 heteroatoms. The Kier molecular flexibility index (Phi) is 3.06. The van der Waals surface area contributed by atoms with Crippen molar-refractivity contribution in [1.29, 1.82) is 0 Å². The van der Waals surface area contributed by atoms with Crippen molar-refractivity contribution in [2.45, 2.75) is 12.7 Å². The van der Waals surface area contributed by atoms with Gasteiger partial charge in [-0.15, -0.1) is 0 Å². The molecule has 0 aliphatic carbocycles. The lowest BCUT2D eigenvalue weighted by Crippen LogP contribution is -2.46. The van der Waals surface area contributed by atoms with Crippen LogP contribution in [-0.4, -0.2) is 46.3 Å². The van der Waals surface area contributed by atoms with Crippen molar-refractivity contribution in [3.8, 4) is 5.75 Å². The van der Waals surface area contributed by atoms with E-state index in [0.717, 1.165) is 5.01 Å². The van der Waals surface area contributed by atoms with E-state index in [9.17, 15) is 15.0 Å². The van der Waals surface area contributed by atoms with E-state index < -0.39 is 11.7 Å². The van der Waals surface area contributed by atoms with Gasteiger partial charge >= 0.3 is 5.91 Å². The molecule has 1 aromatic carbocycles. The number of carbonyl (C=O) groups excluding carboxylic acids is 1. The number of hydrazone groups is 1. The van der Waals surface area contributed by atoms with Gasteiger partial charge in [0.2, 0.25) is 0 Å². The van der Waals surface area contributed by atoms with Gasteiger partial charge in [0.1, 0.15) is 11.5 Å². The van der Waals surface area contributed by atoms with Crippen LogP contribution in [0.5, 0.6) is 5.75 Å². The number of ether oxygens (including phenoxy) is 1. The largest absolute Gasteiger partial charge is 0.497 e. The molecule has 0 fully saturated rings. The van der Waals surface area contributed by atoms with E-state index in [2.05, 4.69) is 5.10 Å². The Morgan fingerprint density at radius 1 is 1.44 bits per heavy atom. The highest BCUT2D eigenvalue weighted by atomic mass is 16.5. The number of amides is 1. The van der Waals surface area contributed by atoms with E-state index in [1.54, 1.807) is 31.2 Å². The number of hydrogen-bond acceptors (Lipinski definition) is 5. The molecule has 0 aromatic heterocycles. The molecule has 2 rings (SSSR count). The summed E-state index contributed by atoms with van der Waals surface area (Å²) in [6, 6.07) is 6.63. The fourth-order valence-electron chi connectivity index (χ4n) is 1.76. The molecule has 96 valence electrons. The minimum absolute atomic E-state index is 0.0896. The zero-order chi connectivity index (χ0) is 13.3. The van der Waals surface area contributed by atoms with E-state index in [-0.39, 0.29) is 12.3 Å². The molecule has 18 heavy (non-hydrogen) atoms. The van der Waals surface area contributed by atoms with E-state index in [1.165, 1.54) is 7.11 Å². The third-order valence-corrected chi connectivity index (χ3v) is 2.73. The first-order chi connectivity index (χ1) is 8.50. The van der Waals surface area contributed by atoms with Crippen LogP contribution in [0.1, 0.15) is 12.5 Å². The van der Waals surface area contributed by atoms with Crippen LogP contribution in [0, 0.1) is 0 Å². The lowest BCUT2D eigenvalue weighted by atomic mass is 10.0. The Morgan fingerprint density at radius 3 is 2.72 bits per heavy atom. The first-order valence-electron chi connectivity index (χ1n) is 5.51. The molecule has 1 heterocycles. The summed E-state index contributed by atoms with van der Waals surface area (Å²) in [5.74, 6) is -2.88. The number of nitrogens with zero attached hydrogens (tertiary/aromatic N) is 2. The van der Waals surface area contributed by atoms with Crippen LogP contribution in [0.4, 0.5) is 0 Å². The second-order valence-electron chi connectivity index (χ2n) is 3.87. The van der Waals surface area contributed by atoms with Gasteiger partial charge in [0.05, 0.1) is 7.11 Å². The lowest BCUT2D eigenvalue weighted by molar-refractivity contribution is -0.167. The Morgan fingerprint density at radius 2 is 2.17 bits per heavy atom. The second-order valence-corrected chi connectivity index (χ2v) is 3.87. The molecule has 2 N–H and O–H groups in total. The van der Waals surface area contributed by atoms with Crippen molar-refractivity contribution >= 4 is 11.6 Å². The SMILES string of the molecule is CCN1N=C(c2cccc(OC)c2)C(O)(O)C1=O. The average Bonchev–Trinajstić information content (AvgIpc) is 2.61. The van der Waals surface area contributed by atoms with Gasteiger partial charge in [-0.25, -0.2) is 5.01 Å². The Hall–Kier alpha value is -1.92. The monoisotopic (exact) mass is 250 g/mol. The first kappa shape index (κ1) is 12.5. The normalized spacial score (nSPS) is 17.9. The predicted octanol–water partition coefficient (Wildman–Crippen LogP) is -0.0577. The van der Waals surface area contributed by atoms with Crippen molar-refractivity contribution in [2.75, 3.05) is 13.7 Å². The van der Waals surface area contributed by atoms with Crippen LogP contribution in [0.2, 0.25) is 0 Å². The highest BCUT2D eigenvalue weighted by molar-refractivity contribution is 6.20. The molecule has 0 atom stereocenters. The molecule has 1 aliphatic rings. The molecule has 0 unspecified atom stereocenters. The van der Waals surface area contributed by atoms with Gasteiger partial charge in [0.15, 0.2) is 0 Å². The molecule has 0 radical (unpaired) electrons. The summed E-state index contributed by atoms with van der Waals surface area (Å²) < 4.78 is 5.05. The van der Waals surface area contributed by atoms with Crippen LogP contribution in [0.25, 0.3) is 0 Å². The van der Waals surface area contributed by atoms with Crippen LogP contribution in [0.3, 0.4) is 0 Å². The first-order valence-corrected chi connectivity index (χ1v) is 5.51. The summed E-state index contributed by atoms with van der Waals surface area (Å²) in [5.41, 5.74) is 0.344. The standard InChI is InChI=1S/C12H14N2O4/c1-3-14-11(15)12(16,17)10(13-14)8-5-4-6-9(7-8)18-2/h4-7,16-17H,3H2,1-2H3. The van der Waals surface area contributed by atoms with Crippen molar-refractivity contribution in [2.24, 2.45) is 5.10 Å². The lowest BCUT2D eigenvalue weighted by Gasteiger charge is -2.16. The summed E-state index contributed by atoms with van der Waals surface area (Å²) in [7, 11) is 1.50. The van der Waals surface area contributed by atoms with Crippen molar-refractivity contribution in [1.82, 2.24) is 5.01 Å². The fraction of sp³-hybridized carbons (Fsp3) is 0.333. The summed E-state index contributed by atoms with van der Waals surface area (Å²) in [6.07, 6.45) is 0. The summed E-state index contributed by atoms with van der Waals surface area (Å²) >= 11 is 0. The smallest absolute Gasteiger partial charge is 0.309 e. The topological polar surface area (TPSA) is 82.4 Å². The maximum atomic E-state index is 11.7. The minimum Gasteiger partial charge on any atom is -0.497 e. The van der Waals surface area contributed by atoms with Crippen molar-refractivity contribution in [3.63, 3.8) is 0 Å². The number of likely N-dealkylation sites (N-methyl/N-ethyl adjacent to an activating group) is 1. The highest BCUT2D eigenvalue weighted by Gasteiger charge is 2.48. The molecule has 1 aliphatic heterocycles. The zero-order valence-corrected chi connectivity index (χ0v) is 10.1. The van der Waals surface area contributed by atoms with Gasteiger partial charge in [0, 0.05) is 12.1 Å². The molecule has 0 spiro atoms. The van der Waals surface area contributed by atoms with Crippen molar-refractivity contribution < 1.29 is 19.7 Å². The third-order valence-electron chi connectivity index (χ3n) is 2.73. The van der Waals surface area contributed by atoms with Crippen LogP contribution < -0.4 is 4.74 Å². The Labute approximate surface area is 104 Å². The van der Waals surface area contributed by atoms with Gasteiger partial charge in [-0.3, -0.25) is 4.79 Å². The molecule has 1 aromatic rings. The van der Waals surface area contributed by atoms with Gasteiger partial charge in [-0.2, -0.15) is 5.10 Å². The van der Waals surface area contributed by atoms with Gasteiger partial charge in [0.25, 0.3) is 5.79 Å². The maximum Gasteiger partial charge on any atom is 0.309 e. The van der Waals surface area contributed by atoms with E-state index >= 15 is 0 Å². The number of aliphatic hydroxyl groups is 2. The van der Waals surface area contributed by atoms with E-state index in [0.29, 0.717) is 11.3 Å². The van der Waals surface area contributed by atoms with E-state index in [4.69, 9.17) is 4.74 Å². The molecular formula is C12H14N2O4.